The molecule has 0 saturated heterocycles. The van der Waals surface area contributed by atoms with Gasteiger partial charge >= 0.3 is 0 Å². The van der Waals surface area contributed by atoms with Gasteiger partial charge in [0, 0.05) is 43.2 Å². The van der Waals surface area contributed by atoms with Crippen LogP contribution in [0.15, 0.2) is 146 Å². The van der Waals surface area contributed by atoms with Crippen LogP contribution in [-0.2, 0) is 21.7 Å². The maximum absolute atomic E-state index is 2.67. The van der Waals surface area contributed by atoms with Gasteiger partial charge in [0.1, 0.15) is 0 Å². The molecule has 2 aliphatic heterocycles. The summed E-state index contributed by atoms with van der Waals surface area (Å²) in [5, 5.41) is 9.19. The van der Waals surface area contributed by atoms with Gasteiger partial charge in [-0.3, -0.25) is 0 Å². The molecule has 9 aromatic carbocycles. The van der Waals surface area contributed by atoms with Crippen LogP contribution in [0, 0.1) is 0 Å². The molecule has 10 aromatic rings. The van der Waals surface area contributed by atoms with Gasteiger partial charge in [-0.15, -0.1) is 11.3 Å². The molecular formula is C67H67BN2S. The number of rotatable bonds is 4. The molecule has 3 heterocycles. The minimum atomic E-state index is -0.138. The average molecular weight is 943 g/mol. The molecule has 0 fully saturated rings. The second-order valence-corrected chi connectivity index (χ2v) is 26.4. The molecule has 0 aliphatic carbocycles. The molecule has 0 N–H and O–H groups in total. The van der Waals surface area contributed by atoms with Gasteiger partial charge in [0.15, 0.2) is 0 Å². The quantitative estimate of drug-likeness (QED) is 0.128. The van der Waals surface area contributed by atoms with Gasteiger partial charge in [-0.25, -0.2) is 0 Å². The number of thiophene rings is 1. The third-order valence-corrected chi connectivity index (χ3v) is 17.2. The van der Waals surface area contributed by atoms with E-state index in [1.54, 1.807) is 0 Å². The summed E-state index contributed by atoms with van der Waals surface area (Å²) in [7, 11) is 0. The van der Waals surface area contributed by atoms with Crippen molar-refractivity contribution in [1.82, 2.24) is 0 Å². The third kappa shape index (κ3) is 7.25. The summed E-state index contributed by atoms with van der Waals surface area (Å²) in [6.45, 7) is 32.9. The molecule has 0 unspecified atom stereocenters. The van der Waals surface area contributed by atoms with Crippen molar-refractivity contribution in [3.8, 4) is 11.1 Å². The van der Waals surface area contributed by atoms with E-state index in [0.29, 0.717) is 5.92 Å². The highest BCUT2D eigenvalue weighted by atomic mass is 32.1. The maximum atomic E-state index is 2.67. The molecule has 0 amide bonds. The summed E-state index contributed by atoms with van der Waals surface area (Å²) in [6, 6.07) is 57.6. The van der Waals surface area contributed by atoms with E-state index in [9.17, 15) is 0 Å². The number of nitrogens with zero attached hydrogens (tertiary/aromatic N) is 2. The van der Waals surface area contributed by atoms with Crippen LogP contribution in [0.25, 0.3) is 53.5 Å². The molecule has 1 aromatic heterocycles. The molecular weight excluding hydrogens is 876 g/mol. The van der Waals surface area contributed by atoms with Crippen molar-refractivity contribution in [3.05, 3.63) is 173 Å². The Morgan fingerprint density at radius 2 is 0.986 bits per heavy atom. The zero-order valence-electron chi connectivity index (χ0n) is 44.3. The SMILES string of the molecule is CC(C)c1ccc2c(c1)B1c3sc4ccc(C(C)(C)C)cc4c3N(c3ccc(C(C)(C)C)cc3)c3cc(C(C)(C)C)cc(c31)N2c1ccc(C(C)(C)C)cc1-c1cc2ccc3cccc4ccc(c1)c2c34. The summed E-state index contributed by atoms with van der Waals surface area (Å²) < 4.78 is 2.75. The van der Waals surface area contributed by atoms with Crippen LogP contribution in [0.5, 0.6) is 0 Å². The monoisotopic (exact) mass is 943 g/mol. The second kappa shape index (κ2) is 15.6. The summed E-state index contributed by atoms with van der Waals surface area (Å²) in [5.74, 6) is 0.372. The molecule has 0 spiro atoms. The Labute approximate surface area is 426 Å². The maximum Gasteiger partial charge on any atom is 0.264 e. The third-order valence-electron chi connectivity index (χ3n) is 16.0. The van der Waals surface area contributed by atoms with Crippen molar-refractivity contribution in [2.45, 2.75) is 125 Å². The van der Waals surface area contributed by atoms with Gasteiger partial charge < -0.3 is 9.80 Å². The van der Waals surface area contributed by atoms with E-state index in [0.717, 1.165) is 0 Å². The van der Waals surface area contributed by atoms with Crippen LogP contribution in [0.3, 0.4) is 0 Å². The van der Waals surface area contributed by atoms with Crippen LogP contribution in [0.4, 0.5) is 34.1 Å². The Hall–Kier alpha value is -6.36. The van der Waals surface area contributed by atoms with E-state index in [1.165, 1.54) is 131 Å². The topological polar surface area (TPSA) is 6.48 Å². The first-order valence-corrected chi connectivity index (χ1v) is 26.8. The Kier molecular flexibility index (Phi) is 10.0. The summed E-state index contributed by atoms with van der Waals surface area (Å²) >= 11 is 2.00. The molecule has 0 saturated carbocycles. The lowest BCUT2D eigenvalue weighted by Crippen LogP contribution is -2.60. The summed E-state index contributed by atoms with van der Waals surface area (Å²) in [5.41, 5.74) is 19.3. The predicted octanol–water partition coefficient (Wildman–Crippen LogP) is 17.9. The van der Waals surface area contributed by atoms with Gasteiger partial charge in [-0.2, -0.15) is 0 Å². The first-order valence-electron chi connectivity index (χ1n) is 26.0. The van der Waals surface area contributed by atoms with Crippen LogP contribution in [0.2, 0.25) is 0 Å². The number of hydrogen-bond donors (Lipinski definition) is 0. The Morgan fingerprint density at radius 1 is 0.451 bits per heavy atom. The van der Waals surface area contributed by atoms with Crippen molar-refractivity contribution >= 4 is 110 Å². The Morgan fingerprint density at radius 3 is 1.59 bits per heavy atom. The van der Waals surface area contributed by atoms with Crippen LogP contribution >= 0.6 is 11.3 Å². The molecule has 4 heteroatoms. The van der Waals surface area contributed by atoms with E-state index >= 15 is 0 Å². The minimum absolute atomic E-state index is 0.00147. The van der Waals surface area contributed by atoms with Gasteiger partial charge in [-0.1, -0.05) is 176 Å². The van der Waals surface area contributed by atoms with E-state index in [2.05, 4.69) is 252 Å². The Balaban J connectivity index is 1.20. The predicted molar refractivity (Wildman–Crippen MR) is 314 cm³/mol. The van der Waals surface area contributed by atoms with Crippen molar-refractivity contribution in [1.29, 1.82) is 0 Å². The summed E-state index contributed by atoms with van der Waals surface area (Å²) in [6.07, 6.45) is 0. The fourth-order valence-electron chi connectivity index (χ4n) is 11.7. The molecule has 71 heavy (non-hydrogen) atoms. The van der Waals surface area contributed by atoms with Crippen molar-refractivity contribution in [2.75, 3.05) is 9.80 Å². The van der Waals surface area contributed by atoms with E-state index in [1.807, 2.05) is 11.3 Å². The first kappa shape index (κ1) is 45.8. The standard InChI is InChI=1S/C67H67BN2S/c1-39(2)42-22-29-55-53(34-42)68-61-56(69(50-27-23-46(24-28-50)64(3,4)5)62-52-36-48(66(9,10)11)26-31-58(52)71-63(62)68)37-49(67(12,13)14)38-57(61)70(55)54-30-25-47(65(6,7)8)35-51(54)45-32-43-20-18-40-16-15-17-41-19-21-44(33-45)60(43)59(40)41/h15-39H,1-14H3. The fraction of sp³-hybridized carbons (Fsp3) is 0.284. The van der Waals surface area contributed by atoms with Gasteiger partial charge in [0.25, 0.3) is 6.71 Å². The molecule has 0 radical (unpaired) electrons. The largest absolute Gasteiger partial charge is 0.311 e. The summed E-state index contributed by atoms with van der Waals surface area (Å²) in [4.78, 5) is 5.34. The molecule has 2 aliphatic rings. The number of fused-ring (bicyclic) bond motifs is 6. The number of anilines is 6. The lowest BCUT2D eigenvalue weighted by molar-refractivity contribution is 0.590. The number of benzene rings is 9. The molecule has 354 valence electrons. The second-order valence-electron chi connectivity index (χ2n) is 25.3. The van der Waals surface area contributed by atoms with Crippen LogP contribution < -0.4 is 25.5 Å². The van der Waals surface area contributed by atoms with Crippen molar-refractivity contribution in [2.24, 2.45) is 0 Å². The fourth-order valence-corrected chi connectivity index (χ4v) is 13.0. The van der Waals surface area contributed by atoms with Gasteiger partial charge in [0.2, 0.25) is 0 Å². The van der Waals surface area contributed by atoms with Gasteiger partial charge in [-0.05, 0) is 171 Å². The lowest BCUT2D eigenvalue weighted by atomic mass is 9.36. The van der Waals surface area contributed by atoms with Crippen molar-refractivity contribution < 1.29 is 0 Å². The molecule has 2 nitrogen and oxygen atoms in total. The van der Waals surface area contributed by atoms with E-state index in [4.69, 9.17) is 0 Å². The first-order chi connectivity index (χ1) is 33.5. The highest BCUT2D eigenvalue weighted by Gasteiger charge is 2.46. The zero-order chi connectivity index (χ0) is 49.8. The van der Waals surface area contributed by atoms with E-state index < -0.39 is 0 Å². The lowest BCUT2D eigenvalue weighted by Gasteiger charge is -2.45. The molecule has 12 rings (SSSR count). The van der Waals surface area contributed by atoms with Crippen LogP contribution in [-0.4, -0.2) is 6.71 Å². The molecule has 0 bridgehead atoms. The highest BCUT2D eigenvalue weighted by molar-refractivity contribution is 7.33. The van der Waals surface area contributed by atoms with E-state index in [-0.39, 0.29) is 28.4 Å². The zero-order valence-corrected chi connectivity index (χ0v) is 45.1. The number of hydrogen-bond acceptors (Lipinski definition) is 3. The Bertz CT molecular complexity index is 3720. The van der Waals surface area contributed by atoms with Crippen molar-refractivity contribution in [3.63, 3.8) is 0 Å². The smallest absolute Gasteiger partial charge is 0.264 e. The van der Waals surface area contributed by atoms with Gasteiger partial charge in [0.05, 0.1) is 11.4 Å². The minimum Gasteiger partial charge on any atom is -0.311 e. The average Bonchev–Trinajstić information content (AvgIpc) is 3.70. The molecule has 0 atom stereocenters. The van der Waals surface area contributed by atoms with Crippen LogP contribution in [0.1, 0.15) is 131 Å². The highest BCUT2D eigenvalue weighted by Crippen LogP contribution is 2.52. The normalized spacial score (nSPS) is 14.1.